The maximum Gasteiger partial charge on any atom is 0.243 e. The van der Waals surface area contributed by atoms with Gasteiger partial charge in [0.2, 0.25) is 11.8 Å². The highest BCUT2D eigenvalue weighted by Gasteiger charge is 2.20. The van der Waals surface area contributed by atoms with Crippen molar-refractivity contribution in [3.05, 3.63) is 59.4 Å². The first-order chi connectivity index (χ1) is 15.9. The van der Waals surface area contributed by atoms with E-state index < -0.39 is 35.6 Å². The molecule has 2 amide bonds. The Morgan fingerprint density at radius 2 is 1.58 bits per heavy atom. The number of anilines is 1. The Balaban J connectivity index is 1.36. The van der Waals surface area contributed by atoms with Gasteiger partial charge in [0.1, 0.15) is 5.75 Å². The van der Waals surface area contributed by atoms with Gasteiger partial charge in [0.25, 0.3) is 0 Å². The van der Waals surface area contributed by atoms with Crippen LogP contribution in [0.15, 0.2) is 36.4 Å². The smallest absolute Gasteiger partial charge is 0.243 e. The van der Waals surface area contributed by atoms with Crippen molar-refractivity contribution in [1.29, 1.82) is 0 Å². The second kappa shape index (κ2) is 11.7. The van der Waals surface area contributed by atoms with E-state index in [-0.39, 0.29) is 12.5 Å². The van der Waals surface area contributed by atoms with Gasteiger partial charge in [-0.05, 0) is 36.8 Å². The summed E-state index contributed by atoms with van der Waals surface area (Å²) in [6.07, 6.45) is 0. The number of amides is 2. The number of nitrogens with zero attached hydrogens (tertiary/aromatic N) is 2. The van der Waals surface area contributed by atoms with Gasteiger partial charge in [-0.2, -0.15) is 0 Å². The van der Waals surface area contributed by atoms with E-state index in [1.807, 2.05) is 36.1 Å². The number of nitrogens with one attached hydrogen (secondary N) is 2. The summed E-state index contributed by atoms with van der Waals surface area (Å²) in [5.74, 6) is -4.75. The lowest BCUT2D eigenvalue weighted by Gasteiger charge is -2.34. The summed E-state index contributed by atoms with van der Waals surface area (Å²) in [6.45, 7) is 6.12. The van der Waals surface area contributed by atoms with Gasteiger partial charge in [-0.25, -0.2) is 13.2 Å². The van der Waals surface area contributed by atoms with E-state index >= 15 is 0 Å². The molecule has 0 aromatic heterocycles. The maximum atomic E-state index is 13.6. The van der Waals surface area contributed by atoms with Crippen LogP contribution in [0.25, 0.3) is 0 Å². The summed E-state index contributed by atoms with van der Waals surface area (Å²) in [5, 5.41) is 4.57. The van der Waals surface area contributed by atoms with E-state index in [1.165, 1.54) is 5.56 Å². The molecule has 1 heterocycles. The number of carbonyl (C=O) groups is 2. The van der Waals surface area contributed by atoms with Crippen molar-refractivity contribution in [1.82, 2.24) is 15.1 Å². The maximum absolute atomic E-state index is 13.6. The van der Waals surface area contributed by atoms with Gasteiger partial charge in [-0.3, -0.25) is 19.4 Å². The molecule has 1 saturated heterocycles. The molecule has 10 heteroatoms. The van der Waals surface area contributed by atoms with Crippen LogP contribution in [0.4, 0.5) is 18.9 Å². The normalized spacial score (nSPS) is 14.7. The van der Waals surface area contributed by atoms with Crippen LogP contribution in [-0.2, 0) is 16.1 Å². The molecule has 0 radical (unpaired) electrons. The third kappa shape index (κ3) is 7.19. The summed E-state index contributed by atoms with van der Waals surface area (Å²) in [5.41, 5.74) is 0.699. The SMILES string of the molecule is CCOc1ccc(CN2CCN(CC(=O)NCC(=O)Nc3ccc(F)c(F)c3F)CC2)cc1. The van der Waals surface area contributed by atoms with Crippen molar-refractivity contribution in [2.75, 3.05) is 51.2 Å². The number of rotatable bonds is 9. The molecule has 2 aromatic carbocycles. The van der Waals surface area contributed by atoms with Crippen molar-refractivity contribution < 1.29 is 27.5 Å². The highest BCUT2D eigenvalue weighted by Crippen LogP contribution is 2.19. The average molecular weight is 464 g/mol. The zero-order valence-electron chi connectivity index (χ0n) is 18.4. The summed E-state index contributed by atoms with van der Waals surface area (Å²) >= 11 is 0. The molecule has 1 aliphatic heterocycles. The molecule has 0 aliphatic carbocycles. The van der Waals surface area contributed by atoms with Crippen LogP contribution in [0, 0.1) is 17.5 Å². The largest absolute Gasteiger partial charge is 0.494 e. The average Bonchev–Trinajstić information content (AvgIpc) is 2.81. The van der Waals surface area contributed by atoms with Crippen LogP contribution in [-0.4, -0.2) is 67.5 Å². The van der Waals surface area contributed by atoms with Gasteiger partial charge < -0.3 is 15.4 Å². The number of piperazine rings is 1. The van der Waals surface area contributed by atoms with Gasteiger partial charge in [0, 0.05) is 32.7 Å². The van der Waals surface area contributed by atoms with Crippen molar-refractivity contribution >= 4 is 17.5 Å². The Bertz CT molecular complexity index is 964. The quantitative estimate of drug-likeness (QED) is 0.558. The molecule has 1 aliphatic rings. The van der Waals surface area contributed by atoms with Crippen molar-refractivity contribution in [2.45, 2.75) is 13.5 Å². The highest BCUT2D eigenvalue weighted by atomic mass is 19.2. The molecule has 1 fully saturated rings. The van der Waals surface area contributed by atoms with Crippen LogP contribution in [0.3, 0.4) is 0 Å². The fourth-order valence-electron chi connectivity index (χ4n) is 3.48. The topological polar surface area (TPSA) is 73.9 Å². The number of carbonyl (C=O) groups excluding carboxylic acids is 2. The van der Waals surface area contributed by atoms with Crippen LogP contribution >= 0.6 is 0 Å². The minimum atomic E-state index is -1.67. The fourth-order valence-corrected chi connectivity index (χ4v) is 3.48. The monoisotopic (exact) mass is 464 g/mol. The number of hydrogen-bond acceptors (Lipinski definition) is 5. The van der Waals surface area contributed by atoms with E-state index in [0.29, 0.717) is 25.8 Å². The van der Waals surface area contributed by atoms with E-state index in [1.54, 1.807) is 0 Å². The Labute approximate surface area is 190 Å². The lowest BCUT2D eigenvalue weighted by molar-refractivity contribution is -0.125. The molecule has 2 aromatic rings. The molecule has 33 heavy (non-hydrogen) atoms. The first kappa shape index (κ1) is 24.5. The molecule has 2 N–H and O–H groups in total. The third-order valence-electron chi connectivity index (χ3n) is 5.23. The first-order valence-electron chi connectivity index (χ1n) is 10.7. The summed E-state index contributed by atoms with van der Waals surface area (Å²) in [6, 6.07) is 9.62. The standard InChI is InChI=1S/C23H27F3N4O3/c1-2-33-17-5-3-16(4-6-17)14-29-9-11-30(12-10-29)15-21(32)27-13-20(31)28-19-8-7-18(24)22(25)23(19)26/h3-8H,2,9-15H2,1H3,(H,27,32)(H,28,31). The minimum absolute atomic E-state index is 0.129. The van der Waals surface area contributed by atoms with Crippen LogP contribution in [0.5, 0.6) is 5.75 Å². The minimum Gasteiger partial charge on any atom is -0.494 e. The van der Waals surface area contributed by atoms with E-state index in [0.717, 1.165) is 31.5 Å². The fraction of sp³-hybridized carbons (Fsp3) is 0.391. The molecular weight excluding hydrogens is 437 g/mol. The second-order valence-electron chi connectivity index (χ2n) is 7.68. The molecule has 178 valence electrons. The zero-order chi connectivity index (χ0) is 23.8. The molecule has 0 unspecified atom stereocenters. The van der Waals surface area contributed by atoms with E-state index in [2.05, 4.69) is 15.5 Å². The lowest BCUT2D eigenvalue weighted by Crippen LogP contribution is -2.49. The number of halogens is 3. The van der Waals surface area contributed by atoms with Gasteiger partial charge in [-0.15, -0.1) is 0 Å². The molecule has 0 spiro atoms. The van der Waals surface area contributed by atoms with Crippen LogP contribution in [0.2, 0.25) is 0 Å². The Kier molecular flexibility index (Phi) is 8.67. The predicted octanol–water partition coefficient (Wildman–Crippen LogP) is 2.38. The van der Waals surface area contributed by atoms with E-state index in [4.69, 9.17) is 4.74 Å². The first-order valence-corrected chi connectivity index (χ1v) is 10.7. The van der Waals surface area contributed by atoms with E-state index in [9.17, 15) is 22.8 Å². The lowest BCUT2D eigenvalue weighted by atomic mass is 10.2. The van der Waals surface area contributed by atoms with Crippen molar-refractivity contribution in [3.63, 3.8) is 0 Å². The summed E-state index contributed by atoms with van der Waals surface area (Å²) in [4.78, 5) is 28.3. The molecule has 0 atom stereocenters. The molecule has 3 rings (SSSR count). The number of ether oxygens (including phenoxy) is 1. The predicted molar refractivity (Wildman–Crippen MR) is 117 cm³/mol. The Morgan fingerprint density at radius 1 is 0.909 bits per heavy atom. The van der Waals surface area contributed by atoms with Crippen molar-refractivity contribution in [2.24, 2.45) is 0 Å². The van der Waals surface area contributed by atoms with Gasteiger partial charge in [0.05, 0.1) is 25.4 Å². The third-order valence-corrected chi connectivity index (χ3v) is 5.23. The number of hydrogen-bond donors (Lipinski definition) is 2. The van der Waals surface area contributed by atoms with Crippen LogP contribution < -0.4 is 15.4 Å². The Hall–Kier alpha value is -3.11. The van der Waals surface area contributed by atoms with Gasteiger partial charge in [-0.1, -0.05) is 12.1 Å². The second-order valence-corrected chi connectivity index (χ2v) is 7.68. The van der Waals surface area contributed by atoms with Crippen molar-refractivity contribution in [3.8, 4) is 5.75 Å². The number of benzene rings is 2. The van der Waals surface area contributed by atoms with Crippen LogP contribution in [0.1, 0.15) is 12.5 Å². The summed E-state index contributed by atoms with van der Waals surface area (Å²) in [7, 11) is 0. The van der Waals surface area contributed by atoms with Gasteiger partial charge >= 0.3 is 0 Å². The van der Waals surface area contributed by atoms with Gasteiger partial charge in [0.15, 0.2) is 17.5 Å². The molecular formula is C23H27F3N4O3. The highest BCUT2D eigenvalue weighted by molar-refractivity contribution is 5.94. The Morgan fingerprint density at radius 3 is 2.24 bits per heavy atom. The molecule has 0 saturated carbocycles. The molecule has 7 nitrogen and oxygen atoms in total. The zero-order valence-corrected chi connectivity index (χ0v) is 18.4. The summed E-state index contributed by atoms with van der Waals surface area (Å²) < 4.78 is 45.2. The molecule has 0 bridgehead atoms.